The van der Waals surface area contributed by atoms with E-state index in [1.54, 1.807) is 6.92 Å². The van der Waals surface area contributed by atoms with Crippen molar-refractivity contribution in [2.45, 2.75) is 40.0 Å². The molecule has 0 N–H and O–H groups in total. The predicted molar refractivity (Wildman–Crippen MR) is 64.3 cm³/mol. The number of hydrogen-bond acceptors (Lipinski definition) is 0. The Kier molecular flexibility index (Phi) is 4.66. The summed E-state index contributed by atoms with van der Waals surface area (Å²) in [7, 11) is 0. The van der Waals surface area contributed by atoms with Crippen molar-refractivity contribution in [3.63, 3.8) is 0 Å². The van der Waals surface area contributed by atoms with Crippen LogP contribution in [0.25, 0.3) is 5.57 Å². The van der Waals surface area contributed by atoms with E-state index < -0.39 is 11.6 Å². The van der Waals surface area contributed by atoms with Gasteiger partial charge in [0.1, 0.15) is 11.6 Å². The third kappa shape index (κ3) is 2.91. The van der Waals surface area contributed by atoms with Crippen molar-refractivity contribution in [2.24, 2.45) is 0 Å². The van der Waals surface area contributed by atoms with Crippen LogP contribution in [0.4, 0.5) is 8.78 Å². The highest BCUT2D eigenvalue weighted by Crippen LogP contribution is 2.27. The largest absolute Gasteiger partial charge is 0.206 e. The van der Waals surface area contributed by atoms with Gasteiger partial charge in [0.05, 0.1) is 0 Å². The van der Waals surface area contributed by atoms with Gasteiger partial charge in [0, 0.05) is 5.56 Å². The fourth-order valence-corrected chi connectivity index (χ4v) is 1.85. The van der Waals surface area contributed by atoms with E-state index in [4.69, 9.17) is 0 Å². The highest BCUT2D eigenvalue weighted by Gasteiger charge is 2.13. The van der Waals surface area contributed by atoms with Crippen molar-refractivity contribution in [1.82, 2.24) is 0 Å². The van der Waals surface area contributed by atoms with Gasteiger partial charge in [0.2, 0.25) is 0 Å². The van der Waals surface area contributed by atoms with Crippen LogP contribution in [-0.2, 0) is 0 Å². The first-order valence-electron chi connectivity index (χ1n) is 5.75. The summed E-state index contributed by atoms with van der Waals surface area (Å²) >= 11 is 0. The van der Waals surface area contributed by atoms with Crippen LogP contribution in [0.5, 0.6) is 0 Å². The minimum absolute atomic E-state index is 0.148. The molecule has 1 rings (SSSR count). The second kappa shape index (κ2) is 5.78. The summed E-state index contributed by atoms with van der Waals surface area (Å²) in [6.07, 6.45) is 4.30. The van der Waals surface area contributed by atoms with Gasteiger partial charge in [-0.15, -0.1) is 0 Å². The molecule has 0 amide bonds. The molecule has 0 saturated carbocycles. The van der Waals surface area contributed by atoms with Crippen LogP contribution in [0, 0.1) is 18.6 Å². The van der Waals surface area contributed by atoms with E-state index in [9.17, 15) is 8.78 Å². The molecule has 0 aliphatic heterocycles. The highest BCUT2D eigenvalue weighted by molar-refractivity contribution is 5.66. The maximum atomic E-state index is 13.7. The first-order chi connectivity index (χ1) is 7.60. The van der Waals surface area contributed by atoms with E-state index in [1.807, 2.05) is 19.9 Å². The van der Waals surface area contributed by atoms with Crippen LogP contribution < -0.4 is 0 Å². The van der Waals surface area contributed by atoms with E-state index in [0.29, 0.717) is 12.0 Å². The quantitative estimate of drug-likeness (QED) is 0.684. The molecule has 0 spiro atoms. The fraction of sp³-hybridized carbons (Fsp3) is 0.429. The molecule has 0 saturated heterocycles. The molecule has 0 aliphatic rings. The first-order valence-corrected chi connectivity index (χ1v) is 5.75. The predicted octanol–water partition coefficient (Wildman–Crippen LogP) is 4.87. The van der Waals surface area contributed by atoms with Crippen molar-refractivity contribution in [2.75, 3.05) is 0 Å². The van der Waals surface area contributed by atoms with Gasteiger partial charge in [-0.25, -0.2) is 8.78 Å². The van der Waals surface area contributed by atoms with Crippen LogP contribution in [0.2, 0.25) is 0 Å². The van der Waals surface area contributed by atoms with Gasteiger partial charge in [-0.05, 0) is 43.0 Å². The van der Waals surface area contributed by atoms with Crippen molar-refractivity contribution < 1.29 is 8.78 Å². The molecule has 0 nitrogen and oxygen atoms in total. The van der Waals surface area contributed by atoms with E-state index in [-0.39, 0.29) is 5.56 Å². The molecule has 16 heavy (non-hydrogen) atoms. The molecule has 0 heterocycles. The Hall–Kier alpha value is -1.18. The molecule has 0 aliphatic carbocycles. The lowest BCUT2D eigenvalue weighted by Gasteiger charge is -2.10. The number of rotatable bonds is 4. The molecule has 0 aromatic heterocycles. The number of hydrogen-bond donors (Lipinski definition) is 0. The van der Waals surface area contributed by atoms with Crippen LogP contribution in [-0.4, -0.2) is 0 Å². The first kappa shape index (κ1) is 12.9. The van der Waals surface area contributed by atoms with Crippen molar-refractivity contribution in [1.29, 1.82) is 0 Å². The van der Waals surface area contributed by atoms with Gasteiger partial charge in [0.25, 0.3) is 0 Å². The van der Waals surface area contributed by atoms with Crippen LogP contribution in [0.15, 0.2) is 18.2 Å². The van der Waals surface area contributed by atoms with E-state index in [1.165, 1.54) is 12.1 Å². The molecule has 0 unspecified atom stereocenters. The number of benzene rings is 1. The summed E-state index contributed by atoms with van der Waals surface area (Å²) in [5.74, 6) is -0.906. The van der Waals surface area contributed by atoms with E-state index in [2.05, 4.69) is 0 Å². The molecule has 1 aromatic carbocycles. The second-order valence-corrected chi connectivity index (χ2v) is 3.99. The minimum Gasteiger partial charge on any atom is -0.206 e. The Morgan fingerprint density at radius 1 is 1.19 bits per heavy atom. The molecule has 0 atom stereocenters. The lowest BCUT2D eigenvalue weighted by Crippen LogP contribution is -1.96. The highest BCUT2D eigenvalue weighted by atomic mass is 19.1. The van der Waals surface area contributed by atoms with E-state index >= 15 is 0 Å². The van der Waals surface area contributed by atoms with Gasteiger partial charge in [0.15, 0.2) is 0 Å². The maximum Gasteiger partial charge on any atom is 0.133 e. The van der Waals surface area contributed by atoms with Gasteiger partial charge < -0.3 is 0 Å². The summed E-state index contributed by atoms with van der Waals surface area (Å²) in [6.45, 7) is 5.67. The van der Waals surface area contributed by atoms with Gasteiger partial charge in [-0.2, -0.15) is 0 Å². The summed E-state index contributed by atoms with van der Waals surface area (Å²) in [5, 5.41) is 0. The van der Waals surface area contributed by atoms with Crippen molar-refractivity contribution in [3.8, 4) is 0 Å². The van der Waals surface area contributed by atoms with Gasteiger partial charge in [-0.3, -0.25) is 0 Å². The Morgan fingerprint density at radius 2 is 1.75 bits per heavy atom. The molecule has 2 heteroatoms. The second-order valence-electron chi connectivity index (χ2n) is 3.99. The maximum absolute atomic E-state index is 13.7. The molecule has 88 valence electrons. The zero-order valence-electron chi connectivity index (χ0n) is 10.1. The summed E-state index contributed by atoms with van der Waals surface area (Å²) in [5.41, 5.74) is 1.54. The Balaban J connectivity index is 3.24. The van der Waals surface area contributed by atoms with Crippen LogP contribution in [0.3, 0.4) is 0 Å². The van der Waals surface area contributed by atoms with Gasteiger partial charge in [-0.1, -0.05) is 26.3 Å². The standard InChI is InChI=1S/C14H18F2/c1-4-6-11(7-5-2)14-12(15)8-10(3)9-13(14)16/h6,8-9H,4-5,7H2,1-3H3/b11-6+. The lowest BCUT2D eigenvalue weighted by molar-refractivity contribution is 0.573. The average Bonchev–Trinajstić information content (AvgIpc) is 2.16. The molecule has 0 bridgehead atoms. The fourth-order valence-electron chi connectivity index (χ4n) is 1.85. The Morgan fingerprint density at radius 3 is 2.19 bits per heavy atom. The third-order valence-electron chi connectivity index (χ3n) is 2.48. The zero-order chi connectivity index (χ0) is 12.1. The summed E-state index contributed by atoms with van der Waals surface area (Å²) < 4.78 is 27.5. The number of aryl methyl sites for hydroxylation is 1. The monoisotopic (exact) mass is 224 g/mol. The molecule has 0 radical (unpaired) electrons. The zero-order valence-corrected chi connectivity index (χ0v) is 10.1. The van der Waals surface area contributed by atoms with Crippen LogP contribution >= 0.6 is 0 Å². The summed E-state index contributed by atoms with van der Waals surface area (Å²) in [4.78, 5) is 0. The van der Waals surface area contributed by atoms with Gasteiger partial charge >= 0.3 is 0 Å². The molecular weight excluding hydrogens is 206 g/mol. The number of allylic oxidation sites excluding steroid dienone is 2. The lowest BCUT2D eigenvalue weighted by atomic mass is 9.98. The number of halogens is 2. The van der Waals surface area contributed by atoms with E-state index in [0.717, 1.165) is 18.4 Å². The Bertz CT molecular complexity index is 369. The SMILES string of the molecule is CC/C=C(\CCC)c1c(F)cc(C)cc1F. The third-order valence-corrected chi connectivity index (χ3v) is 2.48. The average molecular weight is 224 g/mol. The van der Waals surface area contributed by atoms with Crippen molar-refractivity contribution in [3.05, 3.63) is 41.0 Å². The molecule has 0 fully saturated rings. The minimum atomic E-state index is -0.453. The topological polar surface area (TPSA) is 0 Å². The molecule has 1 aromatic rings. The molecular formula is C14H18F2. The van der Waals surface area contributed by atoms with Crippen LogP contribution in [0.1, 0.15) is 44.2 Å². The smallest absolute Gasteiger partial charge is 0.133 e. The summed E-state index contributed by atoms with van der Waals surface area (Å²) in [6, 6.07) is 2.77. The normalized spacial score (nSPS) is 11.9. The Labute approximate surface area is 96.0 Å². The van der Waals surface area contributed by atoms with Crippen molar-refractivity contribution >= 4 is 5.57 Å².